The molecule has 18 heavy (non-hydrogen) atoms. The van der Waals surface area contributed by atoms with Crippen LogP contribution in [0.25, 0.3) is 0 Å². The van der Waals surface area contributed by atoms with E-state index < -0.39 is 30.4 Å². The number of ether oxygens (including phenoxy) is 1. The number of nitrogens with one attached hydrogen (secondary N) is 2. The van der Waals surface area contributed by atoms with Crippen LogP contribution in [0.15, 0.2) is 12.7 Å². The Balaban J connectivity index is 4.32. The van der Waals surface area contributed by atoms with Gasteiger partial charge in [-0.1, -0.05) is 6.08 Å². The molecular weight excluding hydrogens is 240 g/mol. The molecule has 0 bridgehead atoms. The Bertz CT molecular complexity index is 329. The predicted octanol–water partition coefficient (Wildman–Crippen LogP) is 0.267. The van der Waals surface area contributed by atoms with Crippen LogP contribution in [0, 0.1) is 0 Å². The monoisotopic (exact) mass is 258 g/mol. The molecule has 0 aliphatic rings. The van der Waals surface area contributed by atoms with Crippen molar-refractivity contribution >= 4 is 18.0 Å². The zero-order chi connectivity index (χ0) is 14.1. The van der Waals surface area contributed by atoms with Crippen molar-refractivity contribution in [2.75, 3.05) is 7.11 Å². The molecule has 2 atom stereocenters. The molecule has 0 aromatic carbocycles. The lowest BCUT2D eigenvalue weighted by atomic mass is 10.2. The third-order valence-electron chi connectivity index (χ3n) is 2.10. The lowest BCUT2D eigenvalue weighted by Crippen LogP contribution is -2.49. The summed E-state index contributed by atoms with van der Waals surface area (Å²) < 4.78 is 4.34. The summed E-state index contributed by atoms with van der Waals surface area (Å²) in [6.07, 6.45) is 1.77. The molecule has 102 valence electrons. The maximum Gasteiger partial charge on any atom is 0.326 e. The minimum atomic E-state index is -1.31. The highest BCUT2D eigenvalue weighted by Gasteiger charge is 2.23. The van der Waals surface area contributed by atoms with Gasteiger partial charge in [-0.3, -0.25) is 4.79 Å². The Labute approximate surface area is 105 Å². The quantitative estimate of drug-likeness (QED) is 0.449. The standard InChI is InChI=1S/C11H18N2O5/c1-4-5-7(2)12-11(17)13-8(10(15)16)6-9(14)18-3/h4,7-8H,1,5-6H2,2-3H3,(H,15,16)(H2,12,13,17)/t7?,8-/m0/s1. The Morgan fingerprint density at radius 2 is 2.00 bits per heavy atom. The lowest BCUT2D eigenvalue weighted by molar-refractivity contribution is -0.147. The number of rotatable bonds is 7. The third-order valence-corrected chi connectivity index (χ3v) is 2.10. The van der Waals surface area contributed by atoms with Crippen molar-refractivity contribution in [2.45, 2.75) is 31.8 Å². The number of hydrogen-bond acceptors (Lipinski definition) is 4. The summed E-state index contributed by atoms with van der Waals surface area (Å²) in [7, 11) is 1.15. The van der Waals surface area contributed by atoms with E-state index in [2.05, 4.69) is 21.9 Å². The molecule has 0 aromatic heterocycles. The zero-order valence-electron chi connectivity index (χ0n) is 10.4. The number of carbonyl (C=O) groups is 3. The lowest BCUT2D eigenvalue weighted by Gasteiger charge is -2.16. The Kier molecular flexibility index (Phi) is 7.18. The first-order valence-corrected chi connectivity index (χ1v) is 5.38. The van der Waals surface area contributed by atoms with Crippen LogP contribution in [0.2, 0.25) is 0 Å². The van der Waals surface area contributed by atoms with Crippen LogP contribution in [0.4, 0.5) is 4.79 Å². The minimum absolute atomic E-state index is 0.171. The summed E-state index contributed by atoms with van der Waals surface area (Å²) in [4.78, 5) is 33.2. The summed E-state index contributed by atoms with van der Waals surface area (Å²) in [5.41, 5.74) is 0. The van der Waals surface area contributed by atoms with Crippen LogP contribution in [0.5, 0.6) is 0 Å². The Morgan fingerprint density at radius 3 is 2.44 bits per heavy atom. The first kappa shape index (κ1) is 16.0. The molecule has 0 spiro atoms. The molecule has 0 saturated carbocycles. The molecular formula is C11H18N2O5. The molecule has 0 heterocycles. The fraction of sp³-hybridized carbons (Fsp3) is 0.545. The number of carbonyl (C=O) groups excluding carboxylic acids is 2. The second kappa shape index (κ2) is 8.10. The molecule has 0 aliphatic carbocycles. The molecule has 1 unspecified atom stereocenters. The molecule has 0 aromatic rings. The van der Waals surface area contributed by atoms with Gasteiger partial charge in [0.1, 0.15) is 6.04 Å². The van der Waals surface area contributed by atoms with Gasteiger partial charge in [0.15, 0.2) is 0 Å². The summed E-state index contributed by atoms with van der Waals surface area (Å²) >= 11 is 0. The zero-order valence-corrected chi connectivity index (χ0v) is 10.4. The van der Waals surface area contributed by atoms with E-state index in [9.17, 15) is 14.4 Å². The van der Waals surface area contributed by atoms with Crippen LogP contribution >= 0.6 is 0 Å². The maximum absolute atomic E-state index is 11.4. The predicted molar refractivity (Wildman–Crippen MR) is 64.0 cm³/mol. The van der Waals surface area contributed by atoms with Gasteiger partial charge in [0, 0.05) is 6.04 Å². The van der Waals surface area contributed by atoms with Gasteiger partial charge < -0.3 is 20.5 Å². The van der Waals surface area contributed by atoms with E-state index in [1.165, 1.54) is 0 Å². The number of carboxylic acid groups (broad SMARTS) is 1. The normalized spacial score (nSPS) is 13.0. The van der Waals surface area contributed by atoms with Crippen molar-refractivity contribution in [1.29, 1.82) is 0 Å². The van der Waals surface area contributed by atoms with E-state index in [0.29, 0.717) is 6.42 Å². The number of aliphatic carboxylic acids is 1. The van der Waals surface area contributed by atoms with Crippen LogP contribution in [-0.4, -0.2) is 42.3 Å². The number of amides is 2. The molecule has 7 heteroatoms. The van der Waals surface area contributed by atoms with Crippen LogP contribution in [0.3, 0.4) is 0 Å². The highest BCUT2D eigenvalue weighted by Crippen LogP contribution is 1.96. The molecule has 0 rings (SSSR count). The molecule has 0 radical (unpaired) electrons. The number of urea groups is 1. The van der Waals surface area contributed by atoms with Crippen molar-refractivity contribution in [2.24, 2.45) is 0 Å². The van der Waals surface area contributed by atoms with Gasteiger partial charge in [0.2, 0.25) is 0 Å². The van der Waals surface area contributed by atoms with Gasteiger partial charge in [-0.15, -0.1) is 6.58 Å². The Morgan fingerprint density at radius 1 is 1.39 bits per heavy atom. The number of hydrogen-bond donors (Lipinski definition) is 3. The fourth-order valence-electron chi connectivity index (χ4n) is 1.18. The number of methoxy groups -OCH3 is 1. The highest BCUT2D eigenvalue weighted by atomic mass is 16.5. The summed E-state index contributed by atoms with van der Waals surface area (Å²) in [5.74, 6) is -2.01. The van der Waals surface area contributed by atoms with Crippen molar-refractivity contribution in [1.82, 2.24) is 10.6 Å². The first-order valence-electron chi connectivity index (χ1n) is 5.38. The SMILES string of the molecule is C=CCC(C)NC(=O)N[C@@H](CC(=O)OC)C(=O)O. The largest absolute Gasteiger partial charge is 0.480 e. The van der Waals surface area contributed by atoms with Crippen molar-refractivity contribution in [3.05, 3.63) is 12.7 Å². The van der Waals surface area contributed by atoms with Gasteiger partial charge in [-0.05, 0) is 13.3 Å². The molecule has 3 N–H and O–H groups in total. The topological polar surface area (TPSA) is 105 Å². The van der Waals surface area contributed by atoms with E-state index in [1.54, 1.807) is 13.0 Å². The molecule has 0 saturated heterocycles. The van der Waals surface area contributed by atoms with E-state index in [0.717, 1.165) is 7.11 Å². The van der Waals surface area contributed by atoms with Gasteiger partial charge in [-0.25, -0.2) is 9.59 Å². The maximum atomic E-state index is 11.4. The van der Waals surface area contributed by atoms with Gasteiger partial charge in [-0.2, -0.15) is 0 Å². The van der Waals surface area contributed by atoms with Gasteiger partial charge in [0.05, 0.1) is 13.5 Å². The molecule has 7 nitrogen and oxygen atoms in total. The van der Waals surface area contributed by atoms with Crippen LogP contribution in [-0.2, 0) is 14.3 Å². The summed E-state index contributed by atoms with van der Waals surface area (Å²) in [5, 5.41) is 13.5. The first-order chi connectivity index (χ1) is 8.40. The second-order valence-corrected chi connectivity index (χ2v) is 3.71. The number of esters is 1. The second-order valence-electron chi connectivity index (χ2n) is 3.71. The van der Waals surface area contributed by atoms with Crippen LogP contribution in [0.1, 0.15) is 19.8 Å². The average molecular weight is 258 g/mol. The van der Waals surface area contributed by atoms with Gasteiger partial charge in [0.25, 0.3) is 0 Å². The fourth-order valence-corrected chi connectivity index (χ4v) is 1.18. The van der Waals surface area contributed by atoms with E-state index in [4.69, 9.17) is 5.11 Å². The molecule has 2 amide bonds. The van der Waals surface area contributed by atoms with E-state index in [-0.39, 0.29) is 6.04 Å². The minimum Gasteiger partial charge on any atom is -0.480 e. The Hall–Kier alpha value is -2.05. The highest BCUT2D eigenvalue weighted by molar-refractivity contribution is 5.86. The van der Waals surface area contributed by atoms with Crippen molar-refractivity contribution < 1.29 is 24.2 Å². The van der Waals surface area contributed by atoms with Gasteiger partial charge >= 0.3 is 18.0 Å². The average Bonchev–Trinajstić information content (AvgIpc) is 2.27. The van der Waals surface area contributed by atoms with E-state index >= 15 is 0 Å². The molecule has 0 aliphatic heterocycles. The van der Waals surface area contributed by atoms with Crippen LogP contribution < -0.4 is 10.6 Å². The summed E-state index contributed by atoms with van der Waals surface area (Å²) in [6.45, 7) is 5.27. The van der Waals surface area contributed by atoms with Crippen molar-refractivity contribution in [3.8, 4) is 0 Å². The smallest absolute Gasteiger partial charge is 0.326 e. The number of carboxylic acids is 1. The van der Waals surface area contributed by atoms with E-state index in [1.807, 2.05) is 0 Å². The molecule has 0 fully saturated rings. The van der Waals surface area contributed by atoms with Crippen molar-refractivity contribution in [3.63, 3.8) is 0 Å². The summed E-state index contributed by atoms with van der Waals surface area (Å²) in [6, 6.07) is -2.14. The third kappa shape index (κ3) is 6.51.